The van der Waals surface area contributed by atoms with E-state index in [-0.39, 0.29) is 23.4 Å². The summed E-state index contributed by atoms with van der Waals surface area (Å²) in [7, 11) is 0. The molecule has 1 aromatic heterocycles. The van der Waals surface area contributed by atoms with Crippen LogP contribution in [-0.2, 0) is 5.54 Å². The third kappa shape index (κ3) is 3.56. The van der Waals surface area contributed by atoms with Gasteiger partial charge < -0.3 is 10.3 Å². The van der Waals surface area contributed by atoms with Crippen molar-refractivity contribution in [2.24, 2.45) is 11.1 Å². The van der Waals surface area contributed by atoms with Gasteiger partial charge in [-0.05, 0) is 24.3 Å². The van der Waals surface area contributed by atoms with E-state index in [1.165, 1.54) is 0 Å². The minimum Gasteiger partial charge on any atom is -0.335 e. The van der Waals surface area contributed by atoms with E-state index < -0.39 is 0 Å². The van der Waals surface area contributed by atoms with Crippen LogP contribution >= 0.6 is 12.4 Å². The average Bonchev–Trinajstić information content (AvgIpc) is 2.83. The van der Waals surface area contributed by atoms with Crippen LogP contribution in [0.5, 0.6) is 0 Å². The lowest BCUT2D eigenvalue weighted by atomic mass is 9.96. The van der Waals surface area contributed by atoms with Gasteiger partial charge in [-0.25, -0.2) is 0 Å². The third-order valence-corrected chi connectivity index (χ3v) is 3.11. The predicted octanol–water partition coefficient (Wildman–Crippen LogP) is 3.28. The Kier molecular flexibility index (Phi) is 4.56. The van der Waals surface area contributed by atoms with Gasteiger partial charge in [0.05, 0.1) is 5.54 Å². The van der Waals surface area contributed by atoms with E-state index in [1.807, 2.05) is 6.08 Å². The molecule has 0 unspecified atom stereocenters. The molecule has 1 aliphatic rings. The second kappa shape index (κ2) is 5.41. The third-order valence-electron chi connectivity index (χ3n) is 3.11. The quantitative estimate of drug-likeness (QED) is 0.896. The Labute approximate surface area is 114 Å². The zero-order chi connectivity index (χ0) is 12.5. The van der Waals surface area contributed by atoms with Crippen LogP contribution in [0.3, 0.4) is 0 Å². The van der Waals surface area contributed by atoms with Crippen molar-refractivity contribution < 1.29 is 4.52 Å². The lowest BCUT2D eigenvalue weighted by Gasteiger charge is -2.17. The molecule has 2 rings (SSSR count). The zero-order valence-corrected chi connectivity index (χ0v) is 12.1. The van der Waals surface area contributed by atoms with E-state index >= 15 is 0 Å². The molecule has 4 nitrogen and oxygen atoms in total. The summed E-state index contributed by atoms with van der Waals surface area (Å²) < 4.78 is 5.21. The van der Waals surface area contributed by atoms with Gasteiger partial charge in [-0.3, -0.25) is 0 Å². The van der Waals surface area contributed by atoms with Gasteiger partial charge in [-0.15, -0.1) is 12.4 Å². The Morgan fingerprint density at radius 1 is 1.28 bits per heavy atom. The molecule has 2 N–H and O–H groups in total. The van der Waals surface area contributed by atoms with Crippen molar-refractivity contribution in [2.45, 2.75) is 52.0 Å². The molecule has 1 fully saturated rings. The zero-order valence-electron chi connectivity index (χ0n) is 11.3. The molecule has 18 heavy (non-hydrogen) atoms. The largest absolute Gasteiger partial charge is 0.335 e. The van der Waals surface area contributed by atoms with Crippen molar-refractivity contribution in [3.05, 3.63) is 17.8 Å². The van der Waals surface area contributed by atoms with Gasteiger partial charge in [-0.2, -0.15) is 4.98 Å². The number of nitrogens with two attached hydrogens (primary N) is 1. The van der Waals surface area contributed by atoms with Crippen molar-refractivity contribution in [3.63, 3.8) is 0 Å². The molecule has 1 saturated carbocycles. The predicted molar refractivity (Wildman–Crippen MR) is 74.4 cm³/mol. The smallest absolute Gasteiger partial charge is 0.250 e. The summed E-state index contributed by atoms with van der Waals surface area (Å²) in [4.78, 5) is 4.38. The Balaban J connectivity index is 0.00000162. The fourth-order valence-electron chi connectivity index (χ4n) is 2.06. The van der Waals surface area contributed by atoms with Crippen LogP contribution in [0.25, 0.3) is 6.08 Å². The molecule has 102 valence electrons. The Hall–Kier alpha value is -0.870. The van der Waals surface area contributed by atoms with Gasteiger partial charge in [0.25, 0.3) is 0 Å². The van der Waals surface area contributed by atoms with Crippen LogP contribution in [0.4, 0.5) is 0 Å². The van der Waals surface area contributed by atoms with Crippen LogP contribution in [0, 0.1) is 5.41 Å². The van der Waals surface area contributed by atoms with Gasteiger partial charge in [-0.1, -0.05) is 44.8 Å². The number of hydrogen-bond donors (Lipinski definition) is 1. The summed E-state index contributed by atoms with van der Waals surface area (Å²) in [6.07, 6.45) is 8.14. The SMILES string of the molecule is CC(C)(C)/C=C/c1nc(C2(N)CCCC2)no1.Cl. The van der Waals surface area contributed by atoms with Crippen LogP contribution in [0.15, 0.2) is 10.6 Å². The van der Waals surface area contributed by atoms with Crippen LogP contribution < -0.4 is 5.73 Å². The van der Waals surface area contributed by atoms with Crippen LogP contribution in [0.2, 0.25) is 0 Å². The maximum absolute atomic E-state index is 6.27. The van der Waals surface area contributed by atoms with Crippen molar-refractivity contribution in [3.8, 4) is 0 Å². The van der Waals surface area contributed by atoms with E-state index in [2.05, 4.69) is 37.0 Å². The van der Waals surface area contributed by atoms with Gasteiger partial charge in [0.15, 0.2) is 5.82 Å². The Bertz CT molecular complexity index is 414. The fourth-order valence-corrected chi connectivity index (χ4v) is 2.06. The number of rotatable bonds is 2. The highest BCUT2D eigenvalue weighted by molar-refractivity contribution is 5.85. The Morgan fingerprint density at radius 2 is 1.89 bits per heavy atom. The van der Waals surface area contributed by atoms with E-state index in [0.717, 1.165) is 25.7 Å². The normalized spacial score (nSPS) is 19.1. The first-order chi connectivity index (χ1) is 7.89. The molecule has 0 saturated heterocycles. The minimum atomic E-state index is -0.364. The number of aromatic nitrogens is 2. The average molecular weight is 272 g/mol. The molecule has 1 aromatic rings. The highest BCUT2D eigenvalue weighted by Gasteiger charge is 2.35. The first-order valence-electron chi connectivity index (χ1n) is 6.21. The first kappa shape index (κ1) is 15.2. The lowest BCUT2D eigenvalue weighted by molar-refractivity contribution is 0.364. The monoisotopic (exact) mass is 271 g/mol. The number of hydrogen-bond acceptors (Lipinski definition) is 4. The molecule has 0 aromatic carbocycles. The molecule has 0 atom stereocenters. The molecule has 0 aliphatic heterocycles. The van der Waals surface area contributed by atoms with Gasteiger partial charge in [0, 0.05) is 0 Å². The number of nitrogens with zero attached hydrogens (tertiary/aromatic N) is 2. The van der Waals surface area contributed by atoms with Crippen molar-refractivity contribution >= 4 is 18.5 Å². The summed E-state index contributed by atoms with van der Waals surface area (Å²) in [5.41, 5.74) is 6.02. The molecular weight excluding hydrogens is 250 g/mol. The van der Waals surface area contributed by atoms with Crippen LogP contribution in [0.1, 0.15) is 58.2 Å². The van der Waals surface area contributed by atoms with E-state index in [1.54, 1.807) is 0 Å². The summed E-state index contributed by atoms with van der Waals surface area (Å²) in [5, 5.41) is 4.01. The maximum Gasteiger partial charge on any atom is 0.250 e. The molecule has 1 heterocycles. The molecule has 0 bridgehead atoms. The minimum absolute atomic E-state index is 0. The molecule has 0 amide bonds. The van der Waals surface area contributed by atoms with Crippen molar-refractivity contribution in [2.75, 3.05) is 0 Å². The second-order valence-corrected chi connectivity index (χ2v) is 6.02. The highest BCUT2D eigenvalue weighted by atomic mass is 35.5. The Morgan fingerprint density at radius 3 is 2.44 bits per heavy atom. The van der Waals surface area contributed by atoms with Gasteiger partial charge >= 0.3 is 0 Å². The summed E-state index contributed by atoms with van der Waals surface area (Å²) in [6.45, 7) is 6.38. The number of allylic oxidation sites excluding steroid dienone is 1. The summed E-state index contributed by atoms with van der Waals surface area (Å²) in [5.74, 6) is 1.20. The molecule has 1 aliphatic carbocycles. The highest BCUT2D eigenvalue weighted by Crippen LogP contribution is 2.34. The molecule has 5 heteroatoms. The van der Waals surface area contributed by atoms with Crippen LogP contribution in [-0.4, -0.2) is 10.1 Å². The fraction of sp³-hybridized carbons (Fsp3) is 0.692. The second-order valence-electron chi connectivity index (χ2n) is 6.02. The van der Waals surface area contributed by atoms with Crippen molar-refractivity contribution in [1.29, 1.82) is 0 Å². The van der Waals surface area contributed by atoms with Gasteiger partial charge in [0.1, 0.15) is 0 Å². The maximum atomic E-state index is 6.27. The van der Waals surface area contributed by atoms with Gasteiger partial charge in [0.2, 0.25) is 5.89 Å². The summed E-state index contributed by atoms with van der Waals surface area (Å²) >= 11 is 0. The van der Waals surface area contributed by atoms with E-state index in [4.69, 9.17) is 10.3 Å². The lowest BCUT2D eigenvalue weighted by Crippen LogP contribution is -2.34. The van der Waals surface area contributed by atoms with E-state index in [0.29, 0.717) is 11.7 Å². The van der Waals surface area contributed by atoms with Crippen molar-refractivity contribution in [1.82, 2.24) is 10.1 Å². The van der Waals surface area contributed by atoms with E-state index in [9.17, 15) is 0 Å². The summed E-state index contributed by atoms with van der Waals surface area (Å²) in [6, 6.07) is 0. The first-order valence-corrected chi connectivity index (χ1v) is 6.21. The molecular formula is C13H22ClN3O. The molecule has 0 spiro atoms. The topological polar surface area (TPSA) is 64.9 Å². The number of halogens is 1. The standard InChI is InChI=1S/C13H21N3O.ClH/c1-12(2,3)9-6-10-15-11(16-17-10)13(14)7-4-5-8-13;/h6,9H,4-5,7-8,14H2,1-3H3;1H/b9-6+;. The molecule has 0 radical (unpaired) electrons.